The zero-order valence-electron chi connectivity index (χ0n) is 13.1. The number of nitrogens with one attached hydrogen (secondary N) is 1. The molecule has 0 aromatic rings. The van der Waals surface area contributed by atoms with Gasteiger partial charge in [-0.2, -0.15) is 0 Å². The zero-order chi connectivity index (χ0) is 14.3. The van der Waals surface area contributed by atoms with Crippen LogP contribution in [0.1, 0.15) is 52.9 Å². The number of methoxy groups -OCH3 is 1. The fraction of sp³-hybridized carbons (Fsp3) is 0.867. The van der Waals surface area contributed by atoms with Gasteiger partial charge in [0.05, 0.1) is 13.2 Å². The number of nitrogens with zero attached hydrogens (tertiary/aromatic N) is 2. The van der Waals surface area contributed by atoms with Crippen molar-refractivity contribution in [1.29, 1.82) is 0 Å². The Morgan fingerprint density at radius 1 is 1.21 bits per heavy atom. The van der Waals surface area contributed by atoms with Gasteiger partial charge in [0, 0.05) is 13.6 Å². The lowest BCUT2D eigenvalue weighted by molar-refractivity contribution is 0.383. The van der Waals surface area contributed by atoms with Gasteiger partial charge in [-0.25, -0.2) is 4.99 Å². The summed E-state index contributed by atoms with van der Waals surface area (Å²) in [5.41, 5.74) is 0.208. The summed E-state index contributed by atoms with van der Waals surface area (Å²) in [4.78, 5) is 9.00. The van der Waals surface area contributed by atoms with Crippen LogP contribution in [0.5, 0.6) is 0 Å². The van der Waals surface area contributed by atoms with Crippen LogP contribution in [0.15, 0.2) is 9.98 Å². The Bertz CT molecular complexity index is 323. The number of rotatable bonds is 2. The van der Waals surface area contributed by atoms with Crippen molar-refractivity contribution in [2.45, 2.75) is 58.9 Å². The second-order valence-electron chi connectivity index (χ2n) is 6.42. The molecule has 0 aliphatic heterocycles. The Hall–Kier alpha value is -1.06. The maximum atomic E-state index is 5.43. The van der Waals surface area contributed by atoms with E-state index in [0.717, 1.165) is 12.4 Å². The topological polar surface area (TPSA) is 46.0 Å². The smallest absolute Gasteiger partial charge is 0.252 e. The molecule has 0 bridgehead atoms. The molecule has 1 aliphatic carbocycles. The van der Waals surface area contributed by atoms with Crippen molar-refractivity contribution in [3.05, 3.63) is 0 Å². The molecule has 4 heteroatoms. The van der Waals surface area contributed by atoms with Gasteiger partial charge >= 0.3 is 0 Å². The SMILES string of the molecule is CN=C(NCC(C)(C)C)C(=NC1CCCCC1)OC. The van der Waals surface area contributed by atoms with E-state index in [0.29, 0.717) is 11.9 Å². The standard InChI is InChI=1S/C15H29N3O/c1-15(2,3)11-17-13(16-4)14(19-5)18-12-9-7-6-8-10-12/h12H,6-11H2,1-5H3,(H,16,17). The fourth-order valence-corrected chi connectivity index (χ4v) is 2.19. The predicted octanol–water partition coefficient (Wildman–Crippen LogP) is 3.03. The van der Waals surface area contributed by atoms with Crippen LogP contribution in [0.25, 0.3) is 0 Å². The molecule has 0 unspecified atom stereocenters. The molecular formula is C15H29N3O. The first kappa shape index (κ1) is 16.0. The van der Waals surface area contributed by atoms with Gasteiger partial charge in [-0.05, 0) is 18.3 Å². The normalized spacial score (nSPS) is 19.4. The third-order valence-electron chi connectivity index (χ3n) is 3.28. The third kappa shape index (κ3) is 6.08. The number of hydrogen-bond acceptors (Lipinski definition) is 3. The lowest BCUT2D eigenvalue weighted by Crippen LogP contribution is -2.38. The largest absolute Gasteiger partial charge is 0.479 e. The van der Waals surface area contributed by atoms with E-state index in [9.17, 15) is 0 Å². The van der Waals surface area contributed by atoms with Crippen LogP contribution >= 0.6 is 0 Å². The van der Waals surface area contributed by atoms with Crippen molar-refractivity contribution in [3.63, 3.8) is 0 Å². The summed E-state index contributed by atoms with van der Waals surface area (Å²) >= 11 is 0. The summed E-state index contributed by atoms with van der Waals surface area (Å²) in [6, 6.07) is 0.400. The molecule has 0 amide bonds. The van der Waals surface area contributed by atoms with Gasteiger partial charge in [0.25, 0.3) is 5.90 Å². The number of ether oxygens (including phenoxy) is 1. The second-order valence-corrected chi connectivity index (χ2v) is 6.42. The van der Waals surface area contributed by atoms with Crippen LogP contribution < -0.4 is 5.32 Å². The summed E-state index contributed by atoms with van der Waals surface area (Å²) in [5, 5.41) is 3.34. The van der Waals surface area contributed by atoms with Crippen molar-refractivity contribution in [3.8, 4) is 0 Å². The highest BCUT2D eigenvalue weighted by Gasteiger charge is 2.18. The molecule has 0 heterocycles. The Balaban J connectivity index is 2.66. The van der Waals surface area contributed by atoms with Gasteiger partial charge in [0.1, 0.15) is 0 Å². The average Bonchev–Trinajstić information content (AvgIpc) is 2.38. The van der Waals surface area contributed by atoms with Crippen molar-refractivity contribution < 1.29 is 4.74 Å². The zero-order valence-corrected chi connectivity index (χ0v) is 13.1. The van der Waals surface area contributed by atoms with Gasteiger partial charge in [-0.15, -0.1) is 0 Å². The summed E-state index contributed by atoms with van der Waals surface area (Å²) in [6.45, 7) is 7.43. The van der Waals surface area contributed by atoms with Crippen molar-refractivity contribution >= 4 is 11.7 Å². The molecule has 19 heavy (non-hydrogen) atoms. The van der Waals surface area contributed by atoms with Gasteiger partial charge in [-0.1, -0.05) is 40.0 Å². The van der Waals surface area contributed by atoms with Gasteiger partial charge in [0.2, 0.25) is 0 Å². The lowest BCUT2D eigenvalue weighted by Gasteiger charge is -2.22. The molecule has 4 nitrogen and oxygen atoms in total. The average molecular weight is 267 g/mol. The van der Waals surface area contributed by atoms with E-state index in [-0.39, 0.29) is 5.41 Å². The number of hydrogen-bond donors (Lipinski definition) is 1. The molecule has 1 rings (SSSR count). The molecule has 0 aromatic carbocycles. The second kappa shape index (κ2) is 7.51. The van der Waals surface area contributed by atoms with Gasteiger partial charge < -0.3 is 10.1 Å². The molecule has 1 aliphatic rings. The van der Waals surface area contributed by atoms with Crippen LogP contribution in [0.2, 0.25) is 0 Å². The minimum Gasteiger partial charge on any atom is -0.479 e. The molecule has 0 aromatic heterocycles. The van der Waals surface area contributed by atoms with Gasteiger partial charge in [0.15, 0.2) is 5.84 Å². The molecule has 0 atom stereocenters. The quantitative estimate of drug-likeness (QED) is 0.617. The minimum atomic E-state index is 0.208. The van der Waals surface area contributed by atoms with Crippen molar-refractivity contribution in [2.75, 3.05) is 20.7 Å². The van der Waals surface area contributed by atoms with Crippen molar-refractivity contribution in [2.24, 2.45) is 15.4 Å². The third-order valence-corrected chi connectivity index (χ3v) is 3.28. The summed E-state index contributed by atoms with van der Waals surface area (Å²) in [6.07, 6.45) is 6.23. The molecule has 1 saturated carbocycles. The van der Waals surface area contributed by atoms with Crippen LogP contribution in [0.3, 0.4) is 0 Å². The summed E-state index contributed by atoms with van der Waals surface area (Å²) < 4.78 is 5.43. The predicted molar refractivity (Wildman–Crippen MR) is 82.1 cm³/mol. The number of aliphatic imine (C=N–C) groups is 2. The van der Waals surface area contributed by atoms with E-state index in [1.165, 1.54) is 32.1 Å². The maximum Gasteiger partial charge on any atom is 0.252 e. The van der Waals surface area contributed by atoms with E-state index in [1.807, 2.05) is 0 Å². The Morgan fingerprint density at radius 2 is 1.84 bits per heavy atom. The first-order valence-electron chi connectivity index (χ1n) is 7.29. The molecule has 0 spiro atoms. The highest BCUT2D eigenvalue weighted by Crippen LogP contribution is 2.20. The van der Waals surface area contributed by atoms with E-state index in [2.05, 4.69) is 31.1 Å². The molecule has 0 radical (unpaired) electrons. The summed E-state index contributed by atoms with van der Waals surface area (Å²) in [5.74, 6) is 1.42. The Labute approximate surface area is 117 Å². The van der Waals surface area contributed by atoms with Crippen LogP contribution in [-0.4, -0.2) is 38.5 Å². The van der Waals surface area contributed by atoms with Crippen LogP contribution in [0, 0.1) is 5.41 Å². The van der Waals surface area contributed by atoms with Gasteiger partial charge in [-0.3, -0.25) is 4.99 Å². The van der Waals surface area contributed by atoms with Crippen LogP contribution in [0.4, 0.5) is 0 Å². The first-order valence-corrected chi connectivity index (χ1v) is 7.29. The highest BCUT2D eigenvalue weighted by molar-refractivity contribution is 6.37. The van der Waals surface area contributed by atoms with E-state index in [1.54, 1.807) is 14.2 Å². The highest BCUT2D eigenvalue weighted by atomic mass is 16.5. The Kier molecular flexibility index (Phi) is 6.32. The Morgan fingerprint density at radius 3 is 2.32 bits per heavy atom. The molecule has 1 N–H and O–H groups in total. The molecular weight excluding hydrogens is 238 g/mol. The first-order chi connectivity index (χ1) is 8.96. The van der Waals surface area contributed by atoms with Crippen LogP contribution in [-0.2, 0) is 4.74 Å². The van der Waals surface area contributed by atoms with E-state index in [4.69, 9.17) is 9.73 Å². The molecule has 1 fully saturated rings. The number of amidine groups is 1. The monoisotopic (exact) mass is 267 g/mol. The van der Waals surface area contributed by atoms with E-state index >= 15 is 0 Å². The van der Waals surface area contributed by atoms with E-state index < -0.39 is 0 Å². The minimum absolute atomic E-state index is 0.208. The molecule has 110 valence electrons. The van der Waals surface area contributed by atoms with Crippen molar-refractivity contribution in [1.82, 2.24) is 5.32 Å². The lowest BCUT2D eigenvalue weighted by atomic mass is 9.96. The fourth-order valence-electron chi connectivity index (χ4n) is 2.19. The molecule has 0 saturated heterocycles. The summed E-state index contributed by atoms with van der Waals surface area (Å²) in [7, 11) is 3.45. The maximum absolute atomic E-state index is 5.43.